The minimum atomic E-state index is -2.83. The molecule has 1 heterocycles. The minimum absolute atomic E-state index is 0.568. The van der Waals surface area contributed by atoms with Crippen molar-refractivity contribution in [1.82, 2.24) is 0 Å². The number of fused-ring (bicyclic) bond motifs is 1. The lowest BCUT2D eigenvalue weighted by molar-refractivity contribution is 0.439. The quantitative estimate of drug-likeness (QED) is 0.560. The highest BCUT2D eigenvalue weighted by Gasteiger charge is 2.30. The molecule has 1 aliphatic rings. The van der Waals surface area contributed by atoms with E-state index in [1.165, 1.54) is 6.66 Å². The van der Waals surface area contributed by atoms with Gasteiger partial charge in [-0.1, -0.05) is 12.1 Å². The first-order valence-corrected chi connectivity index (χ1v) is 5.22. The molecule has 0 spiro atoms. The van der Waals surface area contributed by atoms with Crippen molar-refractivity contribution in [1.29, 1.82) is 0 Å². The number of para-hydroxylation sites is 2. The third-order valence-corrected chi connectivity index (χ3v) is 2.43. The van der Waals surface area contributed by atoms with E-state index in [1.54, 1.807) is 12.1 Å². The number of rotatable bonds is 0. The molecule has 0 radical (unpaired) electrons. The average Bonchev–Trinajstić information content (AvgIpc) is 2.21. The number of hydrogen-bond donors (Lipinski definition) is 0. The van der Waals surface area contributed by atoms with Gasteiger partial charge < -0.3 is 9.05 Å². The highest BCUT2D eigenvalue weighted by Crippen LogP contribution is 2.55. The van der Waals surface area contributed by atoms with Gasteiger partial charge in [0.25, 0.3) is 0 Å². The van der Waals surface area contributed by atoms with Crippen LogP contribution in [-0.2, 0) is 4.57 Å². The molecule has 1 aromatic carbocycles. The zero-order valence-corrected chi connectivity index (χ0v) is 6.88. The second kappa shape index (κ2) is 2.02. The molecule has 0 aliphatic carbocycles. The van der Waals surface area contributed by atoms with Gasteiger partial charge in [-0.05, 0) is 12.1 Å². The van der Waals surface area contributed by atoms with Gasteiger partial charge in [-0.3, -0.25) is 0 Å². The van der Waals surface area contributed by atoms with Crippen LogP contribution in [0.5, 0.6) is 11.5 Å². The van der Waals surface area contributed by atoms with E-state index in [4.69, 9.17) is 9.05 Å². The van der Waals surface area contributed by atoms with Crippen LogP contribution in [-0.4, -0.2) is 6.66 Å². The molecule has 2 rings (SSSR count). The molecule has 0 amide bonds. The first kappa shape index (κ1) is 6.74. The predicted octanol–water partition coefficient (Wildman–Crippen LogP) is 2.28. The Labute approximate surface area is 64.5 Å². The Morgan fingerprint density at radius 3 is 2.09 bits per heavy atom. The fraction of sp³-hybridized carbons (Fsp3) is 0.143. The smallest absolute Gasteiger partial charge is 0.412 e. The van der Waals surface area contributed by atoms with Gasteiger partial charge in [0, 0.05) is 0 Å². The molecule has 11 heavy (non-hydrogen) atoms. The molecule has 0 atom stereocenters. The molecule has 58 valence electrons. The van der Waals surface area contributed by atoms with Crippen molar-refractivity contribution in [3.63, 3.8) is 0 Å². The van der Waals surface area contributed by atoms with Crippen molar-refractivity contribution < 1.29 is 13.6 Å². The van der Waals surface area contributed by atoms with Gasteiger partial charge in [0.1, 0.15) is 0 Å². The van der Waals surface area contributed by atoms with Crippen molar-refractivity contribution in [2.75, 3.05) is 6.66 Å². The van der Waals surface area contributed by atoms with Crippen LogP contribution in [0.25, 0.3) is 0 Å². The van der Waals surface area contributed by atoms with E-state index in [0.29, 0.717) is 11.5 Å². The molecule has 0 saturated heterocycles. The van der Waals surface area contributed by atoms with Gasteiger partial charge in [0.2, 0.25) is 0 Å². The Morgan fingerprint density at radius 2 is 1.64 bits per heavy atom. The van der Waals surface area contributed by atoms with Crippen LogP contribution < -0.4 is 9.05 Å². The van der Waals surface area contributed by atoms with E-state index >= 15 is 0 Å². The molecular formula is C7H7O3P. The van der Waals surface area contributed by atoms with Crippen LogP contribution in [0.2, 0.25) is 0 Å². The summed E-state index contributed by atoms with van der Waals surface area (Å²) in [5.74, 6) is 1.14. The standard InChI is InChI=1S/C7H7O3P/c1-11(8)9-6-4-2-3-5-7(6)10-11/h2-5H,1H3. The Morgan fingerprint density at radius 1 is 1.18 bits per heavy atom. The summed E-state index contributed by atoms with van der Waals surface area (Å²) in [6, 6.07) is 7.10. The van der Waals surface area contributed by atoms with E-state index in [0.717, 1.165) is 0 Å². The van der Waals surface area contributed by atoms with Gasteiger partial charge in [0.05, 0.1) is 6.66 Å². The fourth-order valence-corrected chi connectivity index (χ4v) is 2.03. The third-order valence-electron chi connectivity index (χ3n) is 1.38. The summed E-state index contributed by atoms with van der Waals surface area (Å²) < 4.78 is 21.3. The second-order valence-electron chi connectivity index (χ2n) is 2.40. The Kier molecular flexibility index (Phi) is 1.24. The van der Waals surface area contributed by atoms with Crippen LogP contribution in [0.4, 0.5) is 0 Å². The molecule has 0 N–H and O–H groups in total. The van der Waals surface area contributed by atoms with E-state index in [1.807, 2.05) is 12.1 Å². The van der Waals surface area contributed by atoms with Crippen LogP contribution in [0.3, 0.4) is 0 Å². The Balaban J connectivity index is 2.49. The topological polar surface area (TPSA) is 35.5 Å². The summed E-state index contributed by atoms with van der Waals surface area (Å²) in [5.41, 5.74) is 0. The maximum Gasteiger partial charge on any atom is 0.427 e. The lowest BCUT2D eigenvalue weighted by atomic mass is 10.3. The van der Waals surface area contributed by atoms with E-state index < -0.39 is 7.60 Å². The zero-order valence-electron chi connectivity index (χ0n) is 5.98. The molecule has 0 aromatic heterocycles. The van der Waals surface area contributed by atoms with Crippen LogP contribution in [0, 0.1) is 0 Å². The lowest BCUT2D eigenvalue weighted by Crippen LogP contribution is -1.86. The fourth-order valence-electron chi connectivity index (χ4n) is 0.977. The summed E-state index contributed by atoms with van der Waals surface area (Å²) in [5, 5.41) is 0. The highest BCUT2D eigenvalue weighted by molar-refractivity contribution is 7.54. The second-order valence-corrected chi connectivity index (χ2v) is 4.31. The lowest BCUT2D eigenvalue weighted by Gasteiger charge is -2.00. The number of hydrogen-bond acceptors (Lipinski definition) is 3. The van der Waals surface area contributed by atoms with E-state index in [9.17, 15) is 4.57 Å². The maximum absolute atomic E-state index is 11.2. The van der Waals surface area contributed by atoms with Crippen LogP contribution >= 0.6 is 7.60 Å². The minimum Gasteiger partial charge on any atom is -0.412 e. The molecule has 0 unspecified atom stereocenters. The van der Waals surface area contributed by atoms with Crippen molar-refractivity contribution in [2.24, 2.45) is 0 Å². The summed E-state index contributed by atoms with van der Waals surface area (Å²) in [6.07, 6.45) is 0. The van der Waals surface area contributed by atoms with Crippen LogP contribution in [0.15, 0.2) is 24.3 Å². The molecular weight excluding hydrogens is 163 g/mol. The van der Waals surface area contributed by atoms with Gasteiger partial charge in [-0.15, -0.1) is 0 Å². The average molecular weight is 170 g/mol. The first-order chi connectivity index (χ1) is 5.17. The van der Waals surface area contributed by atoms with E-state index in [-0.39, 0.29) is 0 Å². The third kappa shape index (κ3) is 1.12. The van der Waals surface area contributed by atoms with E-state index in [2.05, 4.69) is 0 Å². The van der Waals surface area contributed by atoms with Crippen LogP contribution in [0.1, 0.15) is 0 Å². The van der Waals surface area contributed by atoms with Crippen molar-refractivity contribution in [3.8, 4) is 11.5 Å². The molecule has 4 heteroatoms. The highest BCUT2D eigenvalue weighted by atomic mass is 31.2. The summed E-state index contributed by atoms with van der Waals surface area (Å²) in [4.78, 5) is 0. The molecule has 1 aliphatic heterocycles. The van der Waals surface area contributed by atoms with Gasteiger partial charge in [-0.2, -0.15) is 0 Å². The summed E-state index contributed by atoms with van der Waals surface area (Å²) in [7, 11) is -2.83. The van der Waals surface area contributed by atoms with Crippen molar-refractivity contribution in [2.45, 2.75) is 0 Å². The molecule has 1 aromatic rings. The van der Waals surface area contributed by atoms with Gasteiger partial charge >= 0.3 is 7.60 Å². The zero-order chi connectivity index (χ0) is 7.90. The molecule has 0 fully saturated rings. The maximum atomic E-state index is 11.2. The SMILES string of the molecule is CP1(=O)Oc2ccccc2O1. The monoisotopic (exact) mass is 170 g/mol. The van der Waals surface area contributed by atoms with Crippen molar-refractivity contribution in [3.05, 3.63) is 24.3 Å². The molecule has 0 bridgehead atoms. The number of benzene rings is 1. The predicted molar refractivity (Wildman–Crippen MR) is 41.2 cm³/mol. The molecule has 0 saturated carbocycles. The molecule has 3 nitrogen and oxygen atoms in total. The first-order valence-electron chi connectivity index (χ1n) is 3.23. The normalized spacial score (nSPS) is 18.3. The Hall–Kier alpha value is -0.950. The summed E-state index contributed by atoms with van der Waals surface area (Å²) >= 11 is 0. The van der Waals surface area contributed by atoms with Gasteiger partial charge in [-0.25, -0.2) is 4.57 Å². The Bertz CT molecular complexity index is 305. The van der Waals surface area contributed by atoms with Gasteiger partial charge in [0.15, 0.2) is 11.5 Å². The van der Waals surface area contributed by atoms with Crippen molar-refractivity contribution >= 4 is 7.60 Å². The largest absolute Gasteiger partial charge is 0.427 e. The summed E-state index contributed by atoms with van der Waals surface area (Å²) in [6.45, 7) is 1.45.